The number of aromatic nitrogens is 2. The van der Waals surface area contributed by atoms with Crippen LogP contribution in [0.5, 0.6) is 0 Å². The van der Waals surface area contributed by atoms with Gasteiger partial charge < -0.3 is 10.6 Å². The molecule has 1 aromatic heterocycles. The van der Waals surface area contributed by atoms with Gasteiger partial charge in [0.25, 0.3) is 0 Å². The smallest absolute Gasteiger partial charge is 0.221 e. The van der Waals surface area contributed by atoms with Crippen molar-refractivity contribution >= 4 is 45.6 Å². The standard InChI is InChI=1S/C14H15FN4O2S2/c1-3-16-13-18-19-14(23-13)22-7-12(21)10-5-4-9(6-11(10)15)17-8(2)20/h4-6H,3,7H2,1-2H3,(H,16,18)(H,17,20). The zero-order valence-corrected chi connectivity index (χ0v) is 14.2. The van der Waals surface area contributed by atoms with Crippen molar-refractivity contribution in [2.75, 3.05) is 22.9 Å². The first kappa shape index (κ1) is 17.4. The van der Waals surface area contributed by atoms with E-state index in [1.807, 2.05) is 6.92 Å². The molecule has 0 unspecified atom stereocenters. The first-order chi connectivity index (χ1) is 11.0. The van der Waals surface area contributed by atoms with Crippen molar-refractivity contribution in [2.45, 2.75) is 18.2 Å². The number of hydrogen-bond donors (Lipinski definition) is 2. The Balaban J connectivity index is 1.98. The molecule has 0 atom stereocenters. The van der Waals surface area contributed by atoms with Crippen molar-refractivity contribution in [3.05, 3.63) is 29.6 Å². The lowest BCUT2D eigenvalue weighted by Crippen LogP contribution is -2.09. The highest BCUT2D eigenvalue weighted by Crippen LogP contribution is 2.26. The number of nitrogens with one attached hydrogen (secondary N) is 2. The maximum Gasteiger partial charge on any atom is 0.221 e. The van der Waals surface area contributed by atoms with Crippen LogP contribution in [-0.4, -0.2) is 34.2 Å². The van der Waals surface area contributed by atoms with E-state index in [9.17, 15) is 14.0 Å². The van der Waals surface area contributed by atoms with Crippen LogP contribution in [0.2, 0.25) is 0 Å². The monoisotopic (exact) mass is 354 g/mol. The van der Waals surface area contributed by atoms with Crippen molar-refractivity contribution in [2.24, 2.45) is 0 Å². The Bertz CT molecular complexity index is 721. The summed E-state index contributed by atoms with van der Waals surface area (Å²) in [7, 11) is 0. The van der Waals surface area contributed by atoms with Gasteiger partial charge in [0.2, 0.25) is 11.0 Å². The van der Waals surface area contributed by atoms with Crippen LogP contribution in [0.3, 0.4) is 0 Å². The van der Waals surface area contributed by atoms with Gasteiger partial charge in [-0.05, 0) is 25.1 Å². The number of hydrogen-bond acceptors (Lipinski definition) is 7. The molecule has 1 aromatic carbocycles. The second-order valence-corrected chi connectivity index (χ2v) is 6.69. The fourth-order valence-electron chi connectivity index (χ4n) is 1.72. The lowest BCUT2D eigenvalue weighted by Gasteiger charge is -2.05. The van der Waals surface area contributed by atoms with Gasteiger partial charge >= 0.3 is 0 Å². The summed E-state index contributed by atoms with van der Waals surface area (Å²) in [5.74, 6) is -1.24. The Kier molecular flexibility index (Phi) is 6.05. The highest BCUT2D eigenvalue weighted by Gasteiger charge is 2.14. The average molecular weight is 354 g/mol. The molecule has 23 heavy (non-hydrogen) atoms. The largest absolute Gasteiger partial charge is 0.360 e. The summed E-state index contributed by atoms with van der Waals surface area (Å²) in [6, 6.07) is 4.00. The Morgan fingerprint density at radius 2 is 2.13 bits per heavy atom. The number of anilines is 2. The lowest BCUT2D eigenvalue weighted by atomic mass is 10.1. The van der Waals surface area contributed by atoms with E-state index >= 15 is 0 Å². The number of halogens is 1. The van der Waals surface area contributed by atoms with Crippen LogP contribution >= 0.6 is 23.1 Å². The van der Waals surface area contributed by atoms with E-state index in [-0.39, 0.29) is 23.0 Å². The molecule has 0 spiro atoms. The lowest BCUT2D eigenvalue weighted by molar-refractivity contribution is -0.114. The zero-order chi connectivity index (χ0) is 16.8. The third-order valence-electron chi connectivity index (χ3n) is 2.65. The summed E-state index contributed by atoms with van der Waals surface area (Å²) in [6.45, 7) is 4.02. The van der Waals surface area contributed by atoms with Gasteiger partial charge in [0.15, 0.2) is 10.1 Å². The molecule has 0 bridgehead atoms. The number of amides is 1. The van der Waals surface area contributed by atoms with Gasteiger partial charge in [-0.1, -0.05) is 23.1 Å². The van der Waals surface area contributed by atoms with Gasteiger partial charge in [-0.3, -0.25) is 9.59 Å². The quantitative estimate of drug-likeness (QED) is 0.587. The van der Waals surface area contributed by atoms with E-state index in [0.717, 1.165) is 12.6 Å². The molecule has 0 fully saturated rings. The number of benzene rings is 1. The Morgan fingerprint density at radius 1 is 1.35 bits per heavy atom. The molecule has 0 aliphatic carbocycles. The molecule has 6 nitrogen and oxygen atoms in total. The second kappa shape index (κ2) is 8.02. The van der Waals surface area contributed by atoms with Gasteiger partial charge in [-0.15, -0.1) is 10.2 Å². The first-order valence-corrected chi connectivity index (χ1v) is 8.60. The van der Waals surface area contributed by atoms with Gasteiger partial charge in [-0.25, -0.2) is 4.39 Å². The molecule has 2 aromatic rings. The maximum absolute atomic E-state index is 14.0. The van der Waals surface area contributed by atoms with Crippen LogP contribution in [0.4, 0.5) is 15.2 Å². The topological polar surface area (TPSA) is 84.0 Å². The molecule has 1 heterocycles. The number of carbonyl (C=O) groups is 2. The van der Waals surface area contributed by atoms with E-state index in [2.05, 4.69) is 20.8 Å². The second-order valence-electron chi connectivity index (χ2n) is 4.49. The van der Waals surface area contributed by atoms with Crippen LogP contribution in [0.25, 0.3) is 0 Å². The van der Waals surface area contributed by atoms with Crippen LogP contribution in [0.1, 0.15) is 24.2 Å². The molecule has 1 amide bonds. The highest BCUT2D eigenvalue weighted by molar-refractivity contribution is 8.01. The third kappa shape index (κ3) is 5.00. The fourth-order valence-corrected chi connectivity index (χ4v) is 3.42. The summed E-state index contributed by atoms with van der Waals surface area (Å²) in [6.07, 6.45) is 0. The molecule has 0 aliphatic heterocycles. The zero-order valence-electron chi connectivity index (χ0n) is 12.6. The number of thioether (sulfide) groups is 1. The SMILES string of the molecule is CCNc1nnc(SCC(=O)c2ccc(NC(C)=O)cc2F)s1. The van der Waals surface area contributed by atoms with Gasteiger partial charge in [0.05, 0.1) is 11.3 Å². The summed E-state index contributed by atoms with van der Waals surface area (Å²) in [5, 5.41) is 14.1. The molecule has 0 aliphatic rings. The molecular formula is C14H15FN4O2S2. The number of ketones is 1. The van der Waals surface area contributed by atoms with E-state index in [1.54, 1.807) is 0 Å². The fraction of sp³-hybridized carbons (Fsp3) is 0.286. The number of nitrogens with zero attached hydrogens (tertiary/aromatic N) is 2. The molecule has 2 N–H and O–H groups in total. The molecule has 0 radical (unpaired) electrons. The molecular weight excluding hydrogens is 339 g/mol. The van der Waals surface area contributed by atoms with E-state index in [0.29, 0.717) is 15.2 Å². The van der Waals surface area contributed by atoms with E-state index < -0.39 is 5.82 Å². The van der Waals surface area contributed by atoms with Crippen LogP contribution in [-0.2, 0) is 4.79 Å². The summed E-state index contributed by atoms with van der Waals surface area (Å²) >= 11 is 2.56. The summed E-state index contributed by atoms with van der Waals surface area (Å²) in [5.41, 5.74) is 0.307. The molecule has 122 valence electrons. The normalized spacial score (nSPS) is 10.4. The third-order valence-corrected chi connectivity index (χ3v) is 4.67. The van der Waals surface area contributed by atoms with Gasteiger partial charge in [0, 0.05) is 19.2 Å². The van der Waals surface area contributed by atoms with Crippen LogP contribution in [0, 0.1) is 5.82 Å². The Hall–Kier alpha value is -2.00. The Labute approximate surface area is 140 Å². The predicted molar refractivity (Wildman–Crippen MR) is 89.8 cm³/mol. The molecule has 2 rings (SSSR count). The molecule has 9 heteroatoms. The van der Waals surface area contributed by atoms with Crippen molar-refractivity contribution < 1.29 is 14.0 Å². The predicted octanol–water partition coefficient (Wildman–Crippen LogP) is 3.04. The summed E-state index contributed by atoms with van der Waals surface area (Å²) < 4.78 is 14.6. The number of Topliss-reactive ketones (excluding diaryl/α,β-unsaturated/α-hetero) is 1. The van der Waals surface area contributed by atoms with Crippen molar-refractivity contribution in [1.29, 1.82) is 0 Å². The van der Waals surface area contributed by atoms with Crippen LogP contribution in [0.15, 0.2) is 22.5 Å². The molecule has 0 saturated carbocycles. The number of rotatable bonds is 7. The first-order valence-electron chi connectivity index (χ1n) is 6.80. The van der Waals surface area contributed by atoms with Crippen molar-refractivity contribution in [1.82, 2.24) is 10.2 Å². The minimum atomic E-state index is -0.660. The average Bonchev–Trinajstić information content (AvgIpc) is 2.92. The van der Waals surface area contributed by atoms with E-state index in [1.165, 1.54) is 42.2 Å². The highest BCUT2D eigenvalue weighted by atomic mass is 32.2. The van der Waals surface area contributed by atoms with Gasteiger partial charge in [0.1, 0.15) is 5.82 Å². The minimum absolute atomic E-state index is 0.0111. The Morgan fingerprint density at radius 3 is 2.78 bits per heavy atom. The van der Waals surface area contributed by atoms with Crippen LogP contribution < -0.4 is 10.6 Å². The van der Waals surface area contributed by atoms with E-state index in [4.69, 9.17) is 0 Å². The van der Waals surface area contributed by atoms with Crippen molar-refractivity contribution in [3.8, 4) is 0 Å². The van der Waals surface area contributed by atoms with Gasteiger partial charge in [-0.2, -0.15) is 0 Å². The molecule has 0 saturated heterocycles. The minimum Gasteiger partial charge on any atom is -0.360 e. The number of carbonyl (C=O) groups excluding carboxylic acids is 2. The summed E-state index contributed by atoms with van der Waals surface area (Å²) in [4.78, 5) is 23.0. The maximum atomic E-state index is 14.0. The van der Waals surface area contributed by atoms with Crippen molar-refractivity contribution in [3.63, 3.8) is 0 Å².